The van der Waals surface area contributed by atoms with Crippen molar-refractivity contribution in [2.24, 2.45) is 5.73 Å². The molecule has 0 spiro atoms. The summed E-state index contributed by atoms with van der Waals surface area (Å²) in [6, 6.07) is 5.66. The number of benzene rings is 1. The Kier molecular flexibility index (Phi) is 3.35. The van der Waals surface area contributed by atoms with Crippen LogP contribution in [0.3, 0.4) is 0 Å². The summed E-state index contributed by atoms with van der Waals surface area (Å²) < 4.78 is 10.8. The van der Waals surface area contributed by atoms with E-state index in [-0.39, 0.29) is 12.0 Å². The number of hydrogen-bond donors (Lipinski definition) is 2. The van der Waals surface area contributed by atoms with Crippen molar-refractivity contribution in [3.63, 3.8) is 0 Å². The average molecular weight is 227 g/mol. The lowest BCUT2D eigenvalue weighted by Crippen LogP contribution is -2.19. The minimum Gasteiger partial charge on any atom is -0.486 e. The van der Waals surface area contributed by atoms with Crippen LogP contribution in [0, 0.1) is 0 Å². The molecule has 2 rings (SSSR count). The monoisotopic (exact) mass is 227 g/mol. The van der Waals surface area contributed by atoms with Crippen molar-refractivity contribution < 1.29 is 14.6 Å². The van der Waals surface area contributed by atoms with Crippen molar-refractivity contribution in [1.29, 1.82) is 0 Å². The standard InChI is InChI=1S/C10H13NO3S/c11-10(6-12)15-7-1-2-8-9(5-7)14-4-3-13-8/h1-2,5,10,12H,3-4,6,11H2. The van der Waals surface area contributed by atoms with Gasteiger partial charge in [0, 0.05) is 4.90 Å². The zero-order valence-electron chi connectivity index (χ0n) is 8.18. The van der Waals surface area contributed by atoms with E-state index in [0.29, 0.717) is 13.2 Å². The molecule has 0 fully saturated rings. The first-order valence-electron chi connectivity index (χ1n) is 4.72. The van der Waals surface area contributed by atoms with Gasteiger partial charge in [-0.3, -0.25) is 0 Å². The molecular weight excluding hydrogens is 214 g/mol. The van der Waals surface area contributed by atoms with E-state index >= 15 is 0 Å². The maximum Gasteiger partial charge on any atom is 0.162 e. The Balaban J connectivity index is 2.13. The largest absolute Gasteiger partial charge is 0.486 e. The van der Waals surface area contributed by atoms with Crippen LogP contribution in [0.15, 0.2) is 23.1 Å². The fourth-order valence-electron chi connectivity index (χ4n) is 1.31. The smallest absolute Gasteiger partial charge is 0.162 e. The van der Waals surface area contributed by atoms with Crippen molar-refractivity contribution in [2.45, 2.75) is 10.3 Å². The molecule has 0 aliphatic carbocycles. The van der Waals surface area contributed by atoms with Crippen LogP contribution < -0.4 is 15.2 Å². The van der Waals surface area contributed by atoms with Gasteiger partial charge in [0.15, 0.2) is 11.5 Å². The fraction of sp³-hybridized carbons (Fsp3) is 0.400. The van der Waals surface area contributed by atoms with Crippen molar-refractivity contribution in [1.82, 2.24) is 0 Å². The minimum atomic E-state index is -0.299. The van der Waals surface area contributed by atoms with Crippen LogP contribution >= 0.6 is 11.8 Å². The van der Waals surface area contributed by atoms with E-state index in [9.17, 15) is 0 Å². The molecule has 0 saturated heterocycles. The lowest BCUT2D eigenvalue weighted by Gasteiger charge is -2.19. The summed E-state index contributed by atoms with van der Waals surface area (Å²) in [7, 11) is 0. The molecule has 5 heteroatoms. The number of nitrogens with two attached hydrogens (primary N) is 1. The normalized spacial score (nSPS) is 16.1. The summed E-state index contributed by atoms with van der Waals surface area (Å²) in [4.78, 5) is 0.973. The number of aliphatic hydroxyl groups excluding tert-OH is 1. The summed E-state index contributed by atoms with van der Waals surface area (Å²) in [6.07, 6.45) is 0. The van der Waals surface area contributed by atoms with Gasteiger partial charge in [-0.15, -0.1) is 11.8 Å². The van der Waals surface area contributed by atoms with Crippen LogP contribution in [0.2, 0.25) is 0 Å². The van der Waals surface area contributed by atoms with E-state index in [1.54, 1.807) is 0 Å². The molecular formula is C10H13NO3S. The molecule has 82 valence electrons. The lowest BCUT2D eigenvalue weighted by molar-refractivity contribution is 0.171. The van der Waals surface area contributed by atoms with Gasteiger partial charge in [0.1, 0.15) is 13.2 Å². The molecule has 1 heterocycles. The van der Waals surface area contributed by atoms with Crippen LogP contribution in [-0.2, 0) is 0 Å². The molecule has 0 amide bonds. The Labute approximate surface area is 92.4 Å². The van der Waals surface area contributed by atoms with Crippen LogP contribution in [0.4, 0.5) is 0 Å². The van der Waals surface area contributed by atoms with E-state index in [1.807, 2.05) is 18.2 Å². The molecule has 1 aliphatic rings. The Hall–Kier alpha value is -0.910. The Morgan fingerprint density at radius 3 is 2.80 bits per heavy atom. The number of ether oxygens (including phenoxy) is 2. The first-order chi connectivity index (χ1) is 7.29. The van der Waals surface area contributed by atoms with Gasteiger partial charge in [-0.1, -0.05) is 0 Å². The molecule has 0 bridgehead atoms. The molecule has 0 radical (unpaired) electrons. The van der Waals surface area contributed by atoms with Gasteiger partial charge in [-0.05, 0) is 18.2 Å². The number of thioether (sulfide) groups is 1. The van der Waals surface area contributed by atoms with Crippen molar-refractivity contribution in [2.75, 3.05) is 19.8 Å². The van der Waals surface area contributed by atoms with Gasteiger partial charge in [-0.25, -0.2) is 0 Å². The van der Waals surface area contributed by atoms with Crippen LogP contribution in [0.1, 0.15) is 0 Å². The third kappa shape index (κ3) is 2.56. The molecule has 0 saturated carbocycles. The third-order valence-electron chi connectivity index (χ3n) is 1.98. The number of fused-ring (bicyclic) bond motifs is 1. The summed E-state index contributed by atoms with van der Waals surface area (Å²) in [6.45, 7) is 1.13. The Bertz CT molecular complexity index is 345. The maximum absolute atomic E-state index is 8.83. The summed E-state index contributed by atoms with van der Waals surface area (Å²) in [5.41, 5.74) is 5.62. The second-order valence-corrected chi connectivity index (χ2v) is 4.46. The highest BCUT2D eigenvalue weighted by Gasteiger charge is 2.12. The predicted molar refractivity (Wildman–Crippen MR) is 58.4 cm³/mol. The summed E-state index contributed by atoms with van der Waals surface area (Å²) in [5.74, 6) is 1.51. The second-order valence-electron chi connectivity index (χ2n) is 3.14. The second kappa shape index (κ2) is 4.74. The zero-order valence-corrected chi connectivity index (χ0v) is 9.00. The van der Waals surface area contributed by atoms with Gasteiger partial charge in [0.05, 0.1) is 12.0 Å². The van der Waals surface area contributed by atoms with E-state index in [1.165, 1.54) is 11.8 Å². The van der Waals surface area contributed by atoms with Crippen molar-refractivity contribution in [3.8, 4) is 11.5 Å². The average Bonchev–Trinajstić information content (AvgIpc) is 2.29. The minimum absolute atomic E-state index is 0.0426. The fourth-order valence-corrected chi connectivity index (χ4v) is 2.05. The van der Waals surface area contributed by atoms with Gasteiger partial charge in [-0.2, -0.15) is 0 Å². The third-order valence-corrected chi connectivity index (χ3v) is 2.96. The molecule has 1 atom stereocenters. The summed E-state index contributed by atoms with van der Waals surface area (Å²) >= 11 is 1.41. The molecule has 0 aromatic heterocycles. The van der Waals surface area contributed by atoms with Gasteiger partial charge >= 0.3 is 0 Å². The number of aliphatic hydroxyl groups is 1. The first-order valence-corrected chi connectivity index (χ1v) is 5.60. The highest BCUT2D eigenvalue weighted by atomic mass is 32.2. The van der Waals surface area contributed by atoms with E-state index < -0.39 is 0 Å². The SMILES string of the molecule is NC(CO)Sc1ccc2c(c1)OCCO2. The van der Waals surface area contributed by atoms with E-state index in [2.05, 4.69) is 0 Å². The number of hydrogen-bond acceptors (Lipinski definition) is 5. The van der Waals surface area contributed by atoms with Crippen molar-refractivity contribution >= 4 is 11.8 Å². The molecule has 3 N–H and O–H groups in total. The van der Waals surface area contributed by atoms with Crippen LogP contribution in [0.25, 0.3) is 0 Å². The Morgan fingerprint density at radius 1 is 1.33 bits per heavy atom. The van der Waals surface area contributed by atoms with Gasteiger partial charge in [0.2, 0.25) is 0 Å². The van der Waals surface area contributed by atoms with E-state index in [4.69, 9.17) is 20.3 Å². The predicted octanol–water partition coefficient (Wildman–Crippen LogP) is 0.827. The molecule has 4 nitrogen and oxygen atoms in total. The van der Waals surface area contributed by atoms with Gasteiger partial charge in [0.25, 0.3) is 0 Å². The number of rotatable bonds is 3. The highest BCUT2D eigenvalue weighted by molar-refractivity contribution is 7.99. The maximum atomic E-state index is 8.83. The molecule has 1 aliphatic heterocycles. The van der Waals surface area contributed by atoms with E-state index in [0.717, 1.165) is 16.4 Å². The zero-order chi connectivity index (χ0) is 10.7. The van der Waals surface area contributed by atoms with Crippen molar-refractivity contribution in [3.05, 3.63) is 18.2 Å². The van der Waals surface area contributed by atoms with Crippen LogP contribution in [0.5, 0.6) is 11.5 Å². The topological polar surface area (TPSA) is 64.7 Å². The molecule has 15 heavy (non-hydrogen) atoms. The van der Waals surface area contributed by atoms with Gasteiger partial charge < -0.3 is 20.3 Å². The quantitative estimate of drug-likeness (QED) is 0.591. The summed E-state index contributed by atoms with van der Waals surface area (Å²) in [5, 5.41) is 8.53. The lowest BCUT2D eigenvalue weighted by atomic mass is 10.3. The van der Waals surface area contributed by atoms with Crippen LogP contribution in [-0.4, -0.2) is 30.3 Å². The molecule has 1 aromatic rings. The molecule has 1 aromatic carbocycles. The first kappa shape index (κ1) is 10.6. The Morgan fingerprint density at radius 2 is 2.07 bits per heavy atom. The molecule has 1 unspecified atom stereocenters. The highest BCUT2D eigenvalue weighted by Crippen LogP contribution is 2.34.